The molecule has 3 N–H and O–H groups in total. The van der Waals surface area contributed by atoms with Crippen LogP contribution >= 0.6 is 0 Å². The quantitative estimate of drug-likeness (QED) is 0.792. The zero-order valence-corrected chi connectivity index (χ0v) is 10.5. The second kappa shape index (κ2) is 5.96. The molecule has 94 valence electrons. The van der Waals surface area contributed by atoms with E-state index in [1.165, 1.54) is 5.56 Å². The van der Waals surface area contributed by atoms with Gasteiger partial charge in [-0.2, -0.15) is 0 Å². The third-order valence-electron chi connectivity index (χ3n) is 2.83. The molecule has 0 bridgehead atoms. The van der Waals surface area contributed by atoms with Gasteiger partial charge in [0.25, 0.3) is 0 Å². The van der Waals surface area contributed by atoms with Crippen molar-refractivity contribution in [2.45, 2.75) is 6.42 Å². The number of ether oxygens (including phenoxy) is 1. The van der Waals surface area contributed by atoms with E-state index in [1.54, 1.807) is 7.11 Å². The van der Waals surface area contributed by atoms with Crippen LogP contribution in [-0.2, 0) is 6.42 Å². The number of nitrogens with two attached hydrogens (primary N) is 1. The lowest BCUT2D eigenvalue weighted by molar-refractivity contribution is 0.415. The first-order valence-electron chi connectivity index (χ1n) is 6.01. The first kappa shape index (κ1) is 12.3. The predicted molar refractivity (Wildman–Crippen MR) is 76.0 cm³/mol. The molecule has 3 heteroatoms. The highest BCUT2D eigenvalue weighted by molar-refractivity contribution is 5.68. The maximum absolute atomic E-state index is 5.91. The molecule has 0 spiro atoms. The van der Waals surface area contributed by atoms with E-state index < -0.39 is 0 Å². The molecule has 2 aromatic rings. The van der Waals surface area contributed by atoms with Crippen LogP contribution in [0.25, 0.3) is 0 Å². The van der Waals surface area contributed by atoms with Crippen LogP contribution in [0.15, 0.2) is 48.5 Å². The molecule has 0 aliphatic heterocycles. The summed E-state index contributed by atoms with van der Waals surface area (Å²) in [6.45, 7) is 0.849. The lowest BCUT2D eigenvalue weighted by Crippen LogP contribution is -2.07. The van der Waals surface area contributed by atoms with E-state index in [0.717, 1.165) is 30.1 Å². The second-order valence-electron chi connectivity index (χ2n) is 4.12. The lowest BCUT2D eigenvalue weighted by Gasteiger charge is -2.10. The fraction of sp³-hybridized carbons (Fsp3) is 0.200. The Morgan fingerprint density at radius 1 is 1.11 bits per heavy atom. The molecule has 18 heavy (non-hydrogen) atoms. The summed E-state index contributed by atoms with van der Waals surface area (Å²) in [5.41, 5.74) is 8.88. The SMILES string of the molecule is COc1ccc(N)c(NCCc2ccccc2)c1. The first-order chi connectivity index (χ1) is 8.79. The highest BCUT2D eigenvalue weighted by Crippen LogP contribution is 2.24. The molecule has 0 aromatic heterocycles. The van der Waals surface area contributed by atoms with Crippen LogP contribution in [0.3, 0.4) is 0 Å². The maximum Gasteiger partial charge on any atom is 0.121 e. The van der Waals surface area contributed by atoms with Crippen molar-refractivity contribution in [1.29, 1.82) is 0 Å². The van der Waals surface area contributed by atoms with Gasteiger partial charge in [-0.1, -0.05) is 30.3 Å². The van der Waals surface area contributed by atoms with Crippen molar-refractivity contribution in [3.05, 3.63) is 54.1 Å². The van der Waals surface area contributed by atoms with E-state index in [9.17, 15) is 0 Å². The molecule has 0 aliphatic carbocycles. The average molecular weight is 242 g/mol. The van der Waals surface area contributed by atoms with Gasteiger partial charge < -0.3 is 15.8 Å². The lowest BCUT2D eigenvalue weighted by atomic mass is 10.1. The summed E-state index contributed by atoms with van der Waals surface area (Å²) < 4.78 is 5.18. The van der Waals surface area contributed by atoms with Gasteiger partial charge in [-0.15, -0.1) is 0 Å². The topological polar surface area (TPSA) is 47.3 Å². The van der Waals surface area contributed by atoms with E-state index in [4.69, 9.17) is 10.5 Å². The monoisotopic (exact) mass is 242 g/mol. The number of anilines is 2. The zero-order valence-electron chi connectivity index (χ0n) is 10.5. The van der Waals surface area contributed by atoms with Crippen LogP contribution in [-0.4, -0.2) is 13.7 Å². The van der Waals surface area contributed by atoms with E-state index in [2.05, 4.69) is 29.6 Å². The molecule has 0 radical (unpaired) electrons. The van der Waals surface area contributed by atoms with Crippen molar-refractivity contribution >= 4 is 11.4 Å². The average Bonchev–Trinajstić information content (AvgIpc) is 2.42. The number of nitrogen functional groups attached to an aromatic ring is 1. The van der Waals surface area contributed by atoms with Crippen molar-refractivity contribution in [2.24, 2.45) is 0 Å². The van der Waals surface area contributed by atoms with Crippen molar-refractivity contribution in [3.63, 3.8) is 0 Å². The largest absolute Gasteiger partial charge is 0.497 e. The van der Waals surface area contributed by atoms with Gasteiger partial charge in [0.05, 0.1) is 18.5 Å². The number of hydrogen-bond donors (Lipinski definition) is 2. The minimum Gasteiger partial charge on any atom is -0.497 e. The minimum absolute atomic E-state index is 0.740. The Kier molecular flexibility index (Phi) is 4.07. The molecule has 0 heterocycles. The zero-order chi connectivity index (χ0) is 12.8. The normalized spacial score (nSPS) is 10.1. The Bertz CT molecular complexity index is 497. The number of hydrogen-bond acceptors (Lipinski definition) is 3. The van der Waals surface area contributed by atoms with E-state index in [-0.39, 0.29) is 0 Å². The Morgan fingerprint density at radius 2 is 1.89 bits per heavy atom. The Morgan fingerprint density at radius 3 is 2.61 bits per heavy atom. The Labute approximate surface area is 108 Å². The highest BCUT2D eigenvalue weighted by Gasteiger charge is 2.00. The summed E-state index contributed by atoms with van der Waals surface area (Å²) in [7, 11) is 1.65. The van der Waals surface area contributed by atoms with Gasteiger partial charge in [0.2, 0.25) is 0 Å². The minimum atomic E-state index is 0.740. The van der Waals surface area contributed by atoms with Crippen molar-refractivity contribution in [1.82, 2.24) is 0 Å². The Hall–Kier alpha value is -2.16. The maximum atomic E-state index is 5.91. The van der Waals surface area contributed by atoms with Gasteiger partial charge in [0.1, 0.15) is 5.75 Å². The Balaban J connectivity index is 1.94. The van der Waals surface area contributed by atoms with Gasteiger partial charge in [0.15, 0.2) is 0 Å². The number of methoxy groups -OCH3 is 1. The predicted octanol–water partition coefficient (Wildman–Crippen LogP) is 2.93. The highest BCUT2D eigenvalue weighted by atomic mass is 16.5. The van der Waals surface area contributed by atoms with E-state index in [0.29, 0.717) is 0 Å². The number of benzene rings is 2. The molecule has 0 amide bonds. The molecule has 0 unspecified atom stereocenters. The van der Waals surface area contributed by atoms with Gasteiger partial charge >= 0.3 is 0 Å². The van der Waals surface area contributed by atoms with Crippen molar-refractivity contribution < 1.29 is 4.74 Å². The smallest absolute Gasteiger partial charge is 0.121 e. The summed E-state index contributed by atoms with van der Waals surface area (Å²) in [5.74, 6) is 0.811. The van der Waals surface area contributed by atoms with Crippen molar-refractivity contribution in [3.8, 4) is 5.75 Å². The third-order valence-corrected chi connectivity index (χ3v) is 2.83. The standard InChI is InChI=1S/C15H18N2O/c1-18-13-7-8-14(16)15(11-13)17-10-9-12-5-3-2-4-6-12/h2-8,11,17H,9-10,16H2,1H3. The summed E-state index contributed by atoms with van der Waals surface area (Å²) in [6, 6.07) is 16.0. The molecule has 0 atom stereocenters. The fourth-order valence-electron chi connectivity index (χ4n) is 1.80. The van der Waals surface area contributed by atoms with E-state index >= 15 is 0 Å². The summed E-state index contributed by atoms with van der Waals surface area (Å²) >= 11 is 0. The van der Waals surface area contributed by atoms with Crippen LogP contribution in [0.2, 0.25) is 0 Å². The van der Waals surface area contributed by atoms with Gasteiger partial charge in [-0.25, -0.2) is 0 Å². The molecule has 2 rings (SSSR count). The second-order valence-corrected chi connectivity index (χ2v) is 4.12. The first-order valence-corrected chi connectivity index (χ1v) is 6.01. The summed E-state index contributed by atoms with van der Waals surface area (Å²) in [5, 5.41) is 3.33. The molecular formula is C15H18N2O. The van der Waals surface area contributed by atoms with Crippen LogP contribution in [0.5, 0.6) is 5.75 Å². The van der Waals surface area contributed by atoms with E-state index in [1.807, 2.05) is 24.3 Å². The molecule has 0 fully saturated rings. The molecule has 3 nitrogen and oxygen atoms in total. The molecule has 0 saturated carbocycles. The molecule has 2 aromatic carbocycles. The van der Waals surface area contributed by atoms with Crippen LogP contribution in [0, 0.1) is 0 Å². The van der Waals surface area contributed by atoms with Crippen molar-refractivity contribution in [2.75, 3.05) is 24.7 Å². The molecule has 0 saturated heterocycles. The summed E-state index contributed by atoms with van der Waals surface area (Å²) in [6.07, 6.45) is 0.970. The van der Waals surface area contributed by atoms with Crippen LogP contribution in [0.1, 0.15) is 5.56 Å². The third kappa shape index (κ3) is 3.17. The summed E-state index contributed by atoms with van der Waals surface area (Å²) in [4.78, 5) is 0. The van der Waals surface area contributed by atoms with Crippen LogP contribution in [0.4, 0.5) is 11.4 Å². The molecule has 0 aliphatic rings. The number of nitrogens with one attached hydrogen (secondary N) is 1. The van der Waals surface area contributed by atoms with Gasteiger partial charge in [-0.05, 0) is 24.1 Å². The molecular weight excluding hydrogens is 224 g/mol. The number of rotatable bonds is 5. The van der Waals surface area contributed by atoms with Gasteiger partial charge in [-0.3, -0.25) is 0 Å². The van der Waals surface area contributed by atoms with Gasteiger partial charge in [0, 0.05) is 12.6 Å². The van der Waals surface area contributed by atoms with Crippen LogP contribution < -0.4 is 15.8 Å². The fourth-order valence-corrected chi connectivity index (χ4v) is 1.80.